The summed E-state index contributed by atoms with van der Waals surface area (Å²) in [6.07, 6.45) is 9.96. The van der Waals surface area contributed by atoms with Gasteiger partial charge in [0.15, 0.2) is 0 Å². The first-order chi connectivity index (χ1) is 8.92. The smallest absolute Gasteiger partial charge is 0.0576 e. The van der Waals surface area contributed by atoms with E-state index in [0.29, 0.717) is 6.10 Å². The fourth-order valence-corrected chi connectivity index (χ4v) is 3.94. The first-order valence-corrected chi connectivity index (χ1v) is 7.99. The molecule has 0 aliphatic carbocycles. The monoisotopic (exact) mass is 252 g/mol. The van der Waals surface area contributed by atoms with E-state index in [4.69, 9.17) is 4.74 Å². The Kier molecular flexibility index (Phi) is 4.55. The SMILES string of the molecule is C1COC(CCCN2CCC3NCCCC3C2)C1. The topological polar surface area (TPSA) is 24.5 Å². The zero-order valence-electron chi connectivity index (χ0n) is 11.6. The van der Waals surface area contributed by atoms with Gasteiger partial charge in [0, 0.05) is 19.2 Å². The zero-order chi connectivity index (χ0) is 12.2. The quantitative estimate of drug-likeness (QED) is 0.828. The van der Waals surface area contributed by atoms with E-state index in [9.17, 15) is 0 Å². The van der Waals surface area contributed by atoms with Gasteiger partial charge in [0.25, 0.3) is 0 Å². The van der Waals surface area contributed by atoms with E-state index in [2.05, 4.69) is 10.2 Å². The van der Waals surface area contributed by atoms with Gasteiger partial charge in [-0.2, -0.15) is 0 Å². The van der Waals surface area contributed by atoms with Crippen molar-refractivity contribution < 1.29 is 4.74 Å². The standard InChI is InChI=1S/C15H28N2O/c1-4-13-12-17(10-7-15(13)16-8-1)9-2-5-14-6-3-11-18-14/h13-16H,1-12H2. The molecule has 3 rings (SSSR count). The van der Waals surface area contributed by atoms with Crippen molar-refractivity contribution in [1.82, 2.24) is 10.2 Å². The van der Waals surface area contributed by atoms with E-state index < -0.39 is 0 Å². The molecule has 18 heavy (non-hydrogen) atoms. The van der Waals surface area contributed by atoms with Crippen LogP contribution < -0.4 is 5.32 Å². The minimum absolute atomic E-state index is 0.582. The first kappa shape index (κ1) is 12.9. The van der Waals surface area contributed by atoms with Crippen LogP contribution in [0, 0.1) is 5.92 Å². The summed E-state index contributed by atoms with van der Waals surface area (Å²) in [6.45, 7) is 6.19. The highest BCUT2D eigenvalue weighted by Crippen LogP contribution is 2.25. The van der Waals surface area contributed by atoms with Gasteiger partial charge < -0.3 is 15.0 Å². The molecule has 3 heteroatoms. The number of nitrogens with zero attached hydrogens (tertiary/aromatic N) is 1. The normalized spacial score (nSPS) is 37.7. The molecule has 3 aliphatic rings. The lowest BCUT2D eigenvalue weighted by Crippen LogP contribution is -2.52. The Hall–Kier alpha value is -0.120. The van der Waals surface area contributed by atoms with Crippen molar-refractivity contribution in [1.29, 1.82) is 0 Å². The number of likely N-dealkylation sites (tertiary alicyclic amines) is 1. The zero-order valence-corrected chi connectivity index (χ0v) is 11.6. The Morgan fingerprint density at radius 1 is 1.17 bits per heavy atom. The van der Waals surface area contributed by atoms with Gasteiger partial charge in [-0.1, -0.05) is 0 Å². The summed E-state index contributed by atoms with van der Waals surface area (Å²) in [5.41, 5.74) is 0. The lowest BCUT2D eigenvalue weighted by molar-refractivity contribution is 0.0865. The summed E-state index contributed by atoms with van der Waals surface area (Å²) < 4.78 is 5.70. The number of rotatable bonds is 4. The van der Waals surface area contributed by atoms with Crippen LogP contribution in [0.25, 0.3) is 0 Å². The number of ether oxygens (including phenoxy) is 1. The van der Waals surface area contributed by atoms with Crippen molar-refractivity contribution >= 4 is 0 Å². The fraction of sp³-hybridized carbons (Fsp3) is 1.00. The number of piperidine rings is 2. The number of nitrogens with one attached hydrogen (secondary N) is 1. The van der Waals surface area contributed by atoms with E-state index in [0.717, 1.165) is 18.6 Å². The van der Waals surface area contributed by atoms with Gasteiger partial charge in [-0.3, -0.25) is 0 Å². The molecule has 3 saturated heterocycles. The Morgan fingerprint density at radius 3 is 3.06 bits per heavy atom. The molecule has 3 atom stereocenters. The summed E-state index contributed by atoms with van der Waals surface area (Å²) in [5.74, 6) is 0.926. The van der Waals surface area contributed by atoms with E-state index in [-0.39, 0.29) is 0 Å². The Morgan fingerprint density at radius 2 is 2.17 bits per heavy atom. The molecule has 3 heterocycles. The largest absolute Gasteiger partial charge is 0.378 e. The predicted molar refractivity (Wildman–Crippen MR) is 73.8 cm³/mol. The predicted octanol–water partition coefficient (Wildman–Crippen LogP) is 2.02. The molecule has 0 spiro atoms. The minimum atomic E-state index is 0.582. The summed E-state index contributed by atoms with van der Waals surface area (Å²) >= 11 is 0. The van der Waals surface area contributed by atoms with Gasteiger partial charge >= 0.3 is 0 Å². The second-order valence-electron chi connectivity index (χ2n) is 6.33. The molecular weight excluding hydrogens is 224 g/mol. The highest BCUT2D eigenvalue weighted by molar-refractivity contribution is 4.88. The number of hydrogen-bond acceptors (Lipinski definition) is 3. The second kappa shape index (κ2) is 6.36. The van der Waals surface area contributed by atoms with Gasteiger partial charge in [0.1, 0.15) is 0 Å². The molecule has 1 N–H and O–H groups in total. The van der Waals surface area contributed by atoms with Crippen LogP contribution in [0.4, 0.5) is 0 Å². The van der Waals surface area contributed by atoms with Crippen LogP contribution in [0.15, 0.2) is 0 Å². The van der Waals surface area contributed by atoms with Crippen LogP contribution >= 0.6 is 0 Å². The van der Waals surface area contributed by atoms with Crippen LogP contribution in [0.5, 0.6) is 0 Å². The second-order valence-corrected chi connectivity index (χ2v) is 6.33. The van der Waals surface area contributed by atoms with Crippen molar-refractivity contribution in [2.45, 2.75) is 57.1 Å². The van der Waals surface area contributed by atoms with Crippen LogP contribution in [-0.4, -0.2) is 49.8 Å². The minimum Gasteiger partial charge on any atom is -0.378 e. The summed E-state index contributed by atoms with van der Waals surface area (Å²) in [6, 6.07) is 0.827. The maximum Gasteiger partial charge on any atom is 0.0576 e. The average Bonchev–Trinajstić information content (AvgIpc) is 2.92. The summed E-state index contributed by atoms with van der Waals surface area (Å²) in [4.78, 5) is 2.70. The summed E-state index contributed by atoms with van der Waals surface area (Å²) in [7, 11) is 0. The highest BCUT2D eigenvalue weighted by atomic mass is 16.5. The number of fused-ring (bicyclic) bond motifs is 1. The third-order valence-electron chi connectivity index (χ3n) is 5.00. The van der Waals surface area contributed by atoms with Crippen LogP contribution in [0.2, 0.25) is 0 Å². The molecule has 0 radical (unpaired) electrons. The number of hydrogen-bond donors (Lipinski definition) is 1. The van der Waals surface area contributed by atoms with E-state index in [1.807, 2.05) is 0 Å². The van der Waals surface area contributed by atoms with Gasteiger partial charge in [-0.05, 0) is 70.5 Å². The van der Waals surface area contributed by atoms with Crippen molar-refractivity contribution in [3.63, 3.8) is 0 Å². The van der Waals surface area contributed by atoms with Gasteiger partial charge in [-0.25, -0.2) is 0 Å². The van der Waals surface area contributed by atoms with Gasteiger partial charge in [0.2, 0.25) is 0 Å². The van der Waals surface area contributed by atoms with Gasteiger partial charge in [0.05, 0.1) is 6.10 Å². The van der Waals surface area contributed by atoms with Crippen molar-refractivity contribution in [3.05, 3.63) is 0 Å². The first-order valence-electron chi connectivity index (χ1n) is 7.99. The molecule has 0 amide bonds. The molecule has 3 fully saturated rings. The van der Waals surface area contributed by atoms with Crippen LogP contribution in [0.1, 0.15) is 44.9 Å². The Balaban J connectivity index is 1.35. The lowest BCUT2D eigenvalue weighted by atomic mass is 9.85. The molecule has 0 bridgehead atoms. The Bertz CT molecular complexity index is 253. The molecule has 3 aliphatic heterocycles. The van der Waals surface area contributed by atoms with Crippen LogP contribution in [-0.2, 0) is 4.74 Å². The van der Waals surface area contributed by atoms with E-state index in [1.54, 1.807) is 0 Å². The molecule has 3 unspecified atom stereocenters. The maximum absolute atomic E-state index is 5.70. The summed E-state index contributed by atoms with van der Waals surface area (Å²) in [5, 5.41) is 3.70. The molecule has 0 aromatic carbocycles. The maximum atomic E-state index is 5.70. The van der Waals surface area contributed by atoms with Crippen molar-refractivity contribution in [2.24, 2.45) is 5.92 Å². The molecule has 0 saturated carbocycles. The van der Waals surface area contributed by atoms with Crippen molar-refractivity contribution in [3.8, 4) is 0 Å². The third kappa shape index (κ3) is 3.25. The van der Waals surface area contributed by atoms with Gasteiger partial charge in [-0.15, -0.1) is 0 Å². The van der Waals surface area contributed by atoms with E-state index in [1.165, 1.54) is 71.1 Å². The van der Waals surface area contributed by atoms with Crippen molar-refractivity contribution in [2.75, 3.05) is 32.8 Å². The molecule has 3 nitrogen and oxygen atoms in total. The molecular formula is C15H28N2O. The average molecular weight is 252 g/mol. The molecule has 104 valence electrons. The van der Waals surface area contributed by atoms with Crippen LogP contribution in [0.3, 0.4) is 0 Å². The third-order valence-corrected chi connectivity index (χ3v) is 5.00. The van der Waals surface area contributed by atoms with E-state index >= 15 is 0 Å². The lowest BCUT2D eigenvalue weighted by Gasteiger charge is -2.41. The Labute approximate surface area is 111 Å². The molecule has 0 aromatic rings. The fourth-order valence-electron chi connectivity index (χ4n) is 3.94. The molecule has 0 aromatic heterocycles. The highest BCUT2D eigenvalue weighted by Gasteiger charge is 2.30.